The first-order valence-electron chi connectivity index (χ1n) is 11.6. The number of piperazine rings is 1. The average molecular weight is 471 g/mol. The van der Waals surface area contributed by atoms with E-state index in [0.717, 1.165) is 22.8 Å². The summed E-state index contributed by atoms with van der Waals surface area (Å²) in [5, 5.41) is 9.34. The summed E-state index contributed by atoms with van der Waals surface area (Å²) in [5.41, 5.74) is 2.31. The van der Waals surface area contributed by atoms with Crippen molar-refractivity contribution >= 4 is 22.6 Å². The molecule has 5 rings (SSSR count). The molecule has 0 aliphatic carbocycles. The SMILES string of the molecule is COc1ccc(-c2ccc(N3CCN(C(=O)CCn4cnc5ccccc5c4=O)CC3)nn2)cc1. The molecule has 4 aromatic rings. The molecule has 0 spiro atoms. The highest BCUT2D eigenvalue weighted by Gasteiger charge is 2.22. The summed E-state index contributed by atoms with van der Waals surface area (Å²) in [6.45, 7) is 2.88. The Kier molecular flexibility index (Phi) is 6.38. The molecule has 0 saturated carbocycles. The molecule has 9 heteroatoms. The lowest BCUT2D eigenvalue weighted by atomic mass is 10.1. The Morgan fingerprint density at radius 2 is 1.71 bits per heavy atom. The van der Waals surface area contributed by atoms with E-state index in [9.17, 15) is 9.59 Å². The van der Waals surface area contributed by atoms with Crippen LogP contribution >= 0.6 is 0 Å². The van der Waals surface area contributed by atoms with Gasteiger partial charge >= 0.3 is 0 Å². The monoisotopic (exact) mass is 470 g/mol. The molecular weight excluding hydrogens is 444 g/mol. The Labute approximate surface area is 202 Å². The van der Waals surface area contributed by atoms with Crippen molar-refractivity contribution in [2.24, 2.45) is 0 Å². The minimum atomic E-state index is -0.120. The minimum Gasteiger partial charge on any atom is -0.497 e. The van der Waals surface area contributed by atoms with Crippen molar-refractivity contribution in [1.29, 1.82) is 0 Å². The molecule has 1 aliphatic heterocycles. The third-order valence-electron chi connectivity index (χ3n) is 6.29. The second kappa shape index (κ2) is 9.92. The van der Waals surface area contributed by atoms with Gasteiger partial charge in [0.1, 0.15) is 5.75 Å². The van der Waals surface area contributed by atoms with E-state index in [1.165, 1.54) is 10.9 Å². The molecule has 0 atom stereocenters. The second-order valence-corrected chi connectivity index (χ2v) is 8.38. The van der Waals surface area contributed by atoms with E-state index in [0.29, 0.717) is 43.6 Å². The van der Waals surface area contributed by atoms with Crippen molar-refractivity contribution in [1.82, 2.24) is 24.6 Å². The van der Waals surface area contributed by atoms with Crippen LogP contribution in [0, 0.1) is 0 Å². The van der Waals surface area contributed by atoms with Crippen molar-refractivity contribution in [3.63, 3.8) is 0 Å². The zero-order valence-electron chi connectivity index (χ0n) is 19.5. The van der Waals surface area contributed by atoms with Crippen LogP contribution in [0.1, 0.15) is 6.42 Å². The van der Waals surface area contributed by atoms with Crippen molar-refractivity contribution in [3.05, 3.63) is 77.3 Å². The molecular formula is C26H26N6O3. The summed E-state index contributed by atoms with van der Waals surface area (Å²) in [7, 11) is 1.64. The predicted octanol–water partition coefficient (Wildman–Crippen LogP) is 2.60. The van der Waals surface area contributed by atoms with Gasteiger partial charge in [-0.25, -0.2) is 4.98 Å². The fourth-order valence-electron chi connectivity index (χ4n) is 4.23. The Morgan fingerprint density at radius 3 is 2.43 bits per heavy atom. The van der Waals surface area contributed by atoms with Gasteiger partial charge < -0.3 is 14.5 Å². The molecule has 2 aromatic carbocycles. The zero-order valence-corrected chi connectivity index (χ0v) is 19.5. The molecule has 1 aliphatic rings. The van der Waals surface area contributed by atoms with Gasteiger partial charge in [-0.15, -0.1) is 10.2 Å². The number of carbonyl (C=O) groups is 1. The Balaban J connectivity index is 1.15. The van der Waals surface area contributed by atoms with Gasteiger partial charge in [0.05, 0.1) is 30.0 Å². The smallest absolute Gasteiger partial charge is 0.261 e. The van der Waals surface area contributed by atoms with Gasteiger partial charge in [0.2, 0.25) is 5.91 Å². The molecule has 178 valence electrons. The number of hydrogen-bond donors (Lipinski definition) is 0. The summed E-state index contributed by atoms with van der Waals surface area (Å²) in [6, 6.07) is 18.9. The van der Waals surface area contributed by atoms with Crippen LogP contribution in [0.25, 0.3) is 22.2 Å². The first-order chi connectivity index (χ1) is 17.1. The van der Waals surface area contributed by atoms with E-state index < -0.39 is 0 Å². The van der Waals surface area contributed by atoms with Crippen LogP contribution in [0.2, 0.25) is 0 Å². The quantitative estimate of drug-likeness (QED) is 0.428. The molecule has 0 radical (unpaired) electrons. The summed E-state index contributed by atoms with van der Waals surface area (Å²) < 4.78 is 6.71. The maximum Gasteiger partial charge on any atom is 0.261 e. The summed E-state index contributed by atoms with van der Waals surface area (Å²) in [5.74, 6) is 1.63. The summed E-state index contributed by atoms with van der Waals surface area (Å²) >= 11 is 0. The largest absolute Gasteiger partial charge is 0.497 e. The van der Waals surface area contributed by atoms with Crippen LogP contribution in [0.15, 0.2) is 71.8 Å². The molecule has 3 heterocycles. The maximum atomic E-state index is 12.8. The Hall–Kier alpha value is -4.27. The highest BCUT2D eigenvalue weighted by Crippen LogP contribution is 2.22. The molecule has 0 bridgehead atoms. The molecule has 0 unspecified atom stereocenters. The van der Waals surface area contributed by atoms with E-state index in [1.807, 2.05) is 59.5 Å². The van der Waals surface area contributed by atoms with Crippen LogP contribution in [0.3, 0.4) is 0 Å². The first-order valence-corrected chi connectivity index (χ1v) is 11.6. The lowest BCUT2D eigenvalue weighted by molar-refractivity contribution is -0.131. The number of amides is 1. The van der Waals surface area contributed by atoms with Crippen molar-refractivity contribution in [2.45, 2.75) is 13.0 Å². The van der Waals surface area contributed by atoms with E-state index in [2.05, 4.69) is 20.1 Å². The summed E-state index contributed by atoms with van der Waals surface area (Å²) in [6.07, 6.45) is 1.78. The van der Waals surface area contributed by atoms with Crippen molar-refractivity contribution in [2.75, 3.05) is 38.2 Å². The van der Waals surface area contributed by atoms with Crippen LogP contribution in [0.4, 0.5) is 5.82 Å². The van der Waals surface area contributed by atoms with Gasteiger partial charge in [-0.05, 0) is 48.5 Å². The fraction of sp³-hybridized carbons (Fsp3) is 0.269. The number of rotatable bonds is 6. The zero-order chi connectivity index (χ0) is 24.2. The normalized spacial score (nSPS) is 13.7. The van der Waals surface area contributed by atoms with Crippen LogP contribution in [-0.2, 0) is 11.3 Å². The van der Waals surface area contributed by atoms with E-state index in [-0.39, 0.29) is 17.9 Å². The van der Waals surface area contributed by atoms with Crippen molar-refractivity contribution in [3.8, 4) is 17.0 Å². The number of fused-ring (bicyclic) bond motifs is 1. The number of aryl methyl sites for hydroxylation is 1. The minimum absolute atomic E-state index is 0.0330. The number of aromatic nitrogens is 4. The number of anilines is 1. The van der Waals surface area contributed by atoms with Crippen LogP contribution in [-0.4, -0.2) is 63.8 Å². The highest BCUT2D eigenvalue weighted by atomic mass is 16.5. The molecule has 0 N–H and O–H groups in total. The predicted molar refractivity (Wildman–Crippen MR) is 133 cm³/mol. The number of ether oxygens (including phenoxy) is 1. The van der Waals surface area contributed by atoms with Crippen LogP contribution < -0.4 is 15.2 Å². The van der Waals surface area contributed by atoms with Gasteiger partial charge in [-0.1, -0.05) is 12.1 Å². The Morgan fingerprint density at radius 1 is 0.943 bits per heavy atom. The van der Waals surface area contributed by atoms with Gasteiger partial charge in [-0.3, -0.25) is 14.2 Å². The summed E-state index contributed by atoms with van der Waals surface area (Å²) in [4.78, 5) is 33.7. The first kappa shape index (κ1) is 22.5. The van der Waals surface area contributed by atoms with E-state index >= 15 is 0 Å². The highest BCUT2D eigenvalue weighted by molar-refractivity contribution is 5.78. The van der Waals surface area contributed by atoms with E-state index in [1.54, 1.807) is 13.2 Å². The molecule has 1 amide bonds. The third kappa shape index (κ3) is 4.84. The lowest BCUT2D eigenvalue weighted by Crippen LogP contribution is -2.49. The topological polar surface area (TPSA) is 93.5 Å². The maximum absolute atomic E-state index is 12.8. The number of carbonyl (C=O) groups excluding carboxylic acids is 1. The third-order valence-corrected chi connectivity index (χ3v) is 6.29. The van der Waals surface area contributed by atoms with Crippen LogP contribution in [0.5, 0.6) is 5.75 Å². The number of methoxy groups -OCH3 is 1. The molecule has 1 fully saturated rings. The lowest BCUT2D eigenvalue weighted by Gasteiger charge is -2.35. The van der Waals surface area contributed by atoms with Gasteiger partial charge in [0.15, 0.2) is 5.82 Å². The van der Waals surface area contributed by atoms with Gasteiger partial charge in [0, 0.05) is 44.7 Å². The van der Waals surface area contributed by atoms with Gasteiger partial charge in [0.25, 0.3) is 5.56 Å². The average Bonchev–Trinajstić information content (AvgIpc) is 2.93. The fourth-order valence-corrected chi connectivity index (χ4v) is 4.23. The standard InChI is InChI=1S/C26H26N6O3/c1-35-20-8-6-19(7-9-20)22-10-11-24(29-28-22)30-14-16-31(17-15-30)25(33)12-13-32-18-27-23-5-3-2-4-21(23)26(32)34/h2-11,18H,12-17H2,1H3. The molecule has 9 nitrogen and oxygen atoms in total. The van der Waals surface area contributed by atoms with Crippen molar-refractivity contribution < 1.29 is 9.53 Å². The second-order valence-electron chi connectivity index (χ2n) is 8.38. The molecule has 1 saturated heterocycles. The number of hydrogen-bond acceptors (Lipinski definition) is 7. The van der Waals surface area contributed by atoms with Gasteiger partial charge in [-0.2, -0.15) is 0 Å². The number of benzene rings is 2. The molecule has 35 heavy (non-hydrogen) atoms. The van der Waals surface area contributed by atoms with E-state index in [4.69, 9.17) is 4.74 Å². The number of nitrogens with zero attached hydrogens (tertiary/aromatic N) is 6. The Bertz CT molecular complexity index is 1380. The number of para-hydroxylation sites is 1. The molecule has 2 aromatic heterocycles.